The van der Waals surface area contributed by atoms with Gasteiger partial charge in [-0.15, -0.1) is 0 Å². The molecule has 0 aliphatic rings. The predicted molar refractivity (Wildman–Crippen MR) is 122 cm³/mol. The van der Waals surface area contributed by atoms with Crippen molar-refractivity contribution in [1.29, 1.82) is 0 Å². The predicted octanol–water partition coefficient (Wildman–Crippen LogP) is 1.94. The van der Waals surface area contributed by atoms with Crippen LogP contribution in [0.25, 0.3) is 0 Å². The number of hydrogen-bond acceptors (Lipinski definition) is 9. The smallest absolute Gasteiger partial charge is 0.0701 e. The van der Waals surface area contributed by atoms with Crippen LogP contribution in [0.1, 0.15) is 33.1 Å². The highest BCUT2D eigenvalue weighted by Crippen LogP contribution is 2.08. The second kappa shape index (κ2) is 28.7. The van der Waals surface area contributed by atoms with Crippen molar-refractivity contribution >= 4 is 0 Å². The summed E-state index contributed by atoms with van der Waals surface area (Å²) in [5.41, 5.74) is 0. The van der Waals surface area contributed by atoms with Crippen LogP contribution in [0, 0.1) is 5.92 Å². The van der Waals surface area contributed by atoms with E-state index < -0.39 is 0 Å². The first-order valence-electron chi connectivity index (χ1n) is 12.0. The van der Waals surface area contributed by atoms with Crippen molar-refractivity contribution in [2.45, 2.75) is 33.1 Å². The Morgan fingerprint density at radius 2 is 0.750 bits per heavy atom. The third-order valence-corrected chi connectivity index (χ3v) is 4.52. The summed E-state index contributed by atoms with van der Waals surface area (Å²) in [6.07, 6.45) is 3.59. The lowest BCUT2D eigenvalue weighted by Gasteiger charge is -2.09. The fourth-order valence-electron chi connectivity index (χ4n) is 2.44. The number of rotatable bonds is 28. The maximum atomic E-state index is 8.55. The van der Waals surface area contributed by atoms with Gasteiger partial charge >= 0.3 is 0 Å². The molecule has 0 saturated carbocycles. The summed E-state index contributed by atoms with van der Waals surface area (Å²) in [6.45, 7) is 13.3. The third kappa shape index (κ3) is 27.7. The van der Waals surface area contributed by atoms with Crippen molar-refractivity contribution in [3.05, 3.63) is 0 Å². The first-order chi connectivity index (χ1) is 15.8. The summed E-state index contributed by atoms with van der Waals surface area (Å²) in [4.78, 5) is 0. The van der Waals surface area contributed by atoms with Crippen LogP contribution in [0.3, 0.4) is 0 Å². The van der Waals surface area contributed by atoms with Gasteiger partial charge in [-0.05, 0) is 18.8 Å². The van der Waals surface area contributed by atoms with Crippen LogP contribution in [0.4, 0.5) is 0 Å². The van der Waals surface area contributed by atoms with Gasteiger partial charge in [0.25, 0.3) is 0 Å². The van der Waals surface area contributed by atoms with Gasteiger partial charge in [0.05, 0.1) is 106 Å². The van der Waals surface area contributed by atoms with Gasteiger partial charge in [0.1, 0.15) is 0 Å². The molecule has 0 aromatic rings. The molecule has 32 heavy (non-hydrogen) atoms. The van der Waals surface area contributed by atoms with Crippen molar-refractivity contribution in [2.75, 3.05) is 112 Å². The highest BCUT2D eigenvalue weighted by atomic mass is 16.6. The second-order valence-corrected chi connectivity index (χ2v) is 7.28. The first-order valence-corrected chi connectivity index (χ1v) is 12.0. The van der Waals surface area contributed by atoms with Gasteiger partial charge < -0.3 is 43.0 Å². The highest BCUT2D eigenvalue weighted by molar-refractivity contribution is 4.49. The van der Waals surface area contributed by atoms with Gasteiger partial charge in [-0.2, -0.15) is 0 Å². The molecule has 0 bridgehead atoms. The quantitative estimate of drug-likeness (QED) is 0.173. The standard InChI is InChI=1S/C23H48O9/c1-3-23(2)5-4-7-25-9-11-27-13-15-29-17-19-31-21-22-32-20-18-30-16-14-28-12-10-26-8-6-24/h23-24H,3-22H2,1-2H3. The molecule has 9 heteroatoms. The molecule has 0 spiro atoms. The second-order valence-electron chi connectivity index (χ2n) is 7.28. The van der Waals surface area contributed by atoms with E-state index in [4.69, 9.17) is 43.0 Å². The van der Waals surface area contributed by atoms with E-state index in [-0.39, 0.29) is 6.61 Å². The van der Waals surface area contributed by atoms with Crippen LogP contribution < -0.4 is 0 Å². The topological polar surface area (TPSA) is 94.1 Å². The Morgan fingerprint density at radius 1 is 0.469 bits per heavy atom. The molecule has 1 unspecified atom stereocenters. The van der Waals surface area contributed by atoms with Crippen LogP contribution in [0.15, 0.2) is 0 Å². The molecule has 0 saturated heterocycles. The third-order valence-electron chi connectivity index (χ3n) is 4.52. The molecule has 1 N–H and O–H groups in total. The molecule has 0 amide bonds. The average molecular weight is 469 g/mol. The van der Waals surface area contributed by atoms with E-state index in [1.165, 1.54) is 12.8 Å². The lowest BCUT2D eigenvalue weighted by atomic mass is 10.0. The molecule has 0 radical (unpaired) electrons. The van der Waals surface area contributed by atoms with Crippen LogP contribution in [-0.4, -0.2) is 117 Å². The van der Waals surface area contributed by atoms with Crippen molar-refractivity contribution in [3.63, 3.8) is 0 Å². The minimum Gasteiger partial charge on any atom is -0.394 e. The van der Waals surface area contributed by atoms with Crippen molar-refractivity contribution in [2.24, 2.45) is 5.92 Å². The summed E-state index contributed by atoms with van der Waals surface area (Å²) >= 11 is 0. The zero-order chi connectivity index (χ0) is 23.4. The Labute approximate surface area is 194 Å². The van der Waals surface area contributed by atoms with E-state index in [0.29, 0.717) is 99.1 Å². The monoisotopic (exact) mass is 468 g/mol. The molecule has 194 valence electrons. The average Bonchev–Trinajstić information content (AvgIpc) is 2.81. The molecular formula is C23H48O9. The Bertz CT molecular complexity index is 335. The fourth-order valence-corrected chi connectivity index (χ4v) is 2.44. The van der Waals surface area contributed by atoms with E-state index in [2.05, 4.69) is 13.8 Å². The summed E-state index contributed by atoms with van der Waals surface area (Å²) in [5.74, 6) is 0.787. The molecule has 1 atom stereocenters. The number of hydrogen-bond donors (Lipinski definition) is 1. The van der Waals surface area contributed by atoms with Gasteiger partial charge in [0, 0.05) is 6.61 Å². The van der Waals surface area contributed by atoms with Gasteiger partial charge in [-0.25, -0.2) is 0 Å². The number of ether oxygens (including phenoxy) is 8. The molecule has 0 heterocycles. The van der Waals surface area contributed by atoms with Crippen LogP contribution in [0.2, 0.25) is 0 Å². The maximum absolute atomic E-state index is 8.55. The van der Waals surface area contributed by atoms with E-state index >= 15 is 0 Å². The van der Waals surface area contributed by atoms with Gasteiger partial charge in [-0.3, -0.25) is 0 Å². The molecule has 0 aliphatic carbocycles. The molecule has 0 aromatic heterocycles. The zero-order valence-electron chi connectivity index (χ0n) is 20.4. The summed E-state index contributed by atoms with van der Waals surface area (Å²) in [6, 6.07) is 0. The lowest BCUT2D eigenvalue weighted by molar-refractivity contribution is -0.0239. The highest BCUT2D eigenvalue weighted by Gasteiger charge is 1.98. The van der Waals surface area contributed by atoms with Crippen LogP contribution >= 0.6 is 0 Å². The fraction of sp³-hybridized carbons (Fsp3) is 1.00. The van der Waals surface area contributed by atoms with E-state index in [1.807, 2.05) is 0 Å². The van der Waals surface area contributed by atoms with Gasteiger partial charge in [0.15, 0.2) is 0 Å². The van der Waals surface area contributed by atoms with Crippen molar-refractivity contribution in [1.82, 2.24) is 0 Å². The first kappa shape index (κ1) is 31.6. The molecule has 0 aliphatic heterocycles. The summed E-state index contributed by atoms with van der Waals surface area (Å²) in [5, 5.41) is 8.55. The van der Waals surface area contributed by atoms with Gasteiger partial charge in [0.2, 0.25) is 0 Å². The molecule has 0 rings (SSSR count). The Kier molecular flexibility index (Phi) is 28.4. The maximum Gasteiger partial charge on any atom is 0.0701 e. The van der Waals surface area contributed by atoms with Crippen LogP contribution in [-0.2, 0) is 37.9 Å². The number of aliphatic hydroxyl groups excluding tert-OH is 1. The van der Waals surface area contributed by atoms with Crippen molar-refractivity contribution in [3.8, 4) is 0 Å². The van der Waals surface area contributed by atoms with E-state index in [9.17, 15) is 0 Å². The van der Waals surface area contributed by atoms with Gasteiger partial charge in [-0.1, -0.05) is 20.3 Å². The Morgan fingerprint density at radius 3 is 1.03 bits per heavy atom. The lowest BCUT2D eigenvalue weighted by Crippen LogP contribution is -2.15. The Balaban J connectivity index is 3.01. The molecule has 0 fully saturated rings. The molecule has 9 nitrogen and oxygen atoms in total. The largest absolute Gasteiger partial charge is 0.394 e. The minimum atomic E-state index is 0.0346. The number of aliphatic hydroxyl groups is 1. The minimum absolute atomic E-state index is 0.0346. The summed E-state index contributed by atoms with van der Waals surface area (Å²) < 4.78 is 43.1. The van der Waals surface area contributed by atoms with Crippen molar-refractivity contribution < 1.29 is 43.0 Å². The molecular weight excluding hydrogens is 420 g/mol. The zero-order valence-corrected chi connectivity index (χ0v) is 20.4. The SMILES string of the molecule is CCC(C)CCCOCCOCCOCCOCCOCCOCCOCCOCCO. The Hall–Kier alpha value is -0.360. The van der Waals surface area contributed by atoms with E-state index in [0.717, 1.165) is 18.9 Å². The normalized spacial score (nSPS) is 12.5. The summed E-state index contributed by atoms with van der Waals surface area (Å²) in [7, 11) is 0. The van der Waals surface area contributed by atoms with E-state index in [1.54, 1.807) is 0 Å². The molecule has 0 aromatic carbocycles. The van der Waals surface area contributed by atoms with Crippen LogP contribution in [0.5, 0.6) is 0 Å².